The minimum atomic E-state index is -0.0425. The molecule has 5 rings (SSSR count). The second-order valence-corrected chi connectivity index (χ2v) is 9.80. The summed E-state index contributed by atoms with van der Waals surface area (Å²) in [6.45, 7) is 0.114. The molecule has 1 saturated carbocycles. The average Bonchev–Trinajstić information content (AvgIpc) is 3.37. The Morgan fingerprint density at radius 2 is 1.47 bits per heavy atom. The fraction of sp³-hybridized carbons (Fsp3) is 0.290. The minimum absolute atomic E-state index is 0.0284. The van der Waals surface area contributed by atoms with Gasteiger partial charge in [0.25, 0.3) is 0 Å². The SMILES string of the molecule is O=C(CCc1ccccc1)Nc1ccc(-c2nc(-c3ccccc3)n(CC(=O)NC3CCCCC3)n2)cc1. The first-order chi connectivity index (χ1) is 18.6. The van der Waals surface area contributed by atoms with E-state index in [-0.39, 0.29) is 24.4 Å². The number of amides is 2. The van der Waals surface area contributed by atoms with Crippen molar-refractivity contribution in [3.63, 3.8) is 0 Å². The van der Waals surface area contributed by atoms with Crippen LogP contribution in [-0.4, -0.2) is 32.6 Å². The quantitative estimate of drug-likeness (QED) is 0.307. The molecule has 0 radical (unpaired) electrons. The molecule has 0 atom stereocenters. The second-order valence-electron chi connectivity index (χ2n) is 9.80. The molecule has 2 N–H and O–H groups in total. The van der Waals surface area contributed by atoms with Gasteiger partial charge < -0.3 is 10.6 Å². The molecule has 0 aliphatic heterocycles. The third kappa shape index (κ3) is 6.73. The van der Waals surface area contributed by atoms with E-state index in [9.17, 15) is 9.59 Å². The maximum absolute atomic E-state index is 12.9. The second kappa shape index (κ2) is 12.3. The van der Waals surface area contributed by atoms with Crippen LogP contribution in [0.2, 0.25) is 0 Å². The summed E-state index contributed by atoms with van der Waals surface area (Å²) in [4.78, 5) is 30.1. The first-order valence-electron chi connectivity index (χ1n) is 13.4. The van der Waals surface area contributed by atoms with Gasteiger partial charge in [0.2, 0.25) is 11.8 Å². The molecule has 7 nitrogen and oxygen atoms in total. The highest BCUT2D eigenvalue weighted by Gasteiger charge is 2.19. The third-order valence-corrected chi connectivity index (χ3v) is 6.88. The van der Waals surface area contributed by atoms with Crippen LogP contribution in [0.4, 0.5) is 5.69 Å². The number of carbonyl (C=O) groups is 2. The van der Waals surface area contributed by atoms with E-state index in [0.29, 0.717) is 24.5 Å². The smallest absolute Gasteiger partial charge is 0.242 e. The van der Waals surface area contributed by atoms with Gasteiger partial charge >= 0.3 is 0 Å². The first-order valence-corrected chi connectivity index (χ1v) is 13.4. The molecular weight excluding hydrogens is 474 g/mol. The average molecular weight is 508 g/mol. The van der Waals surface area contributed by atoms with Gasteiger partial charge in [0.05, 0.1) is 0 Å². The van der Waals surface area contributed by atoms with E-state index < -0.39 is 0 Å². The summed E-state index contributed by atoms with van der Waals surface area (Å²) in [6.07, 6.45) is 6.76. The highest BCUT2D eigenvalue weighted by atomic mass is 16.2. The van der Waals surface area contributed by atoms with E-state index >= 15 is 0 Å². The van der Waals surface area contributed by atoms with Crippen molar-refractivity contribution in [3.05, 3.63) is 90.5 Å². The molecule has 7 heteroatoms. The number of nitrogens with one attached hydrogen (secondary N) is 2. The number of hydrogen-bond donors (Lipinski definition) is 2. The largest absolute Gasteiger partial charge is 0.352 e. The first kappa shape index (κ1) is 25.4. The van der Waals surface area contributed by atoms with Crippen LogP contribution in [0.15, 0.2) is 84.9 Å². The number of hydrogen-bond acceptors (Lipinski definition) is 4. The van der Waals surface area contributed by atoms with Gasteiger partial charge in [-0.25, -0.2) is 9.67 Å². The van der Waals surface area contributed by atoms with Crippen molar-refractivity contribution in [2.45, 2.75) is 57.5 Å². The molecule has 1 heterocycles. The Morgan fingerprint density at radius 3 is 2.18 bits per heavy atom. The maximum Gasteiger partial charge on any atom is 0.242 e. The van der Waals surface area contributed by atoms with E-state index in [2.05, 4.69) is 10.6 Å². The van der Waals surface area contributed by atoms with E-state index in [1.165, 1.54) is 6.42 Å². The number of nitrogens with zero attached hydrogens (tertiary/aromatic N) is 3. The van der Waals surface area contributed by atoms with Gasteiger partial charge in [0.1, 0.15) is 6.54 Å². The van der Waals surface area contributed by atoms with Gasteiger partial charge in [-0.3, -0.25) is 9.59 Å². The Kier molecular flexibility index (Phi) is 8.23. The molecule has 0 spiro atoms. The van der Waals surface area contributed by atoms with Crippen LogP contribution in [0.3, 0.4) is 0 Å². The fourth-order valence-corrected chi connectivity index (χ4v) is 4.86. The molecule has 2 amide bonds. The predicted molar refractivity (Wildman–Crippen MR) is 149 cm³/mol. The summed E-state index contributed by atoms with van der Waals surface area (Å²) < 4.78 is 1.68. The van der Waals surface area contributed by atoms with Gasteiger partial charge in [0.15, 0.2) is 11.6 Å². The number of aryl methyl sites for hydroxylation is 1. The molecule has 3 aromatic carbocycles. The van der Waals surface area contributed by atoms with Crippen molar-refractivity contribution in [2.75, 3.05) is 5.32 Å². The standard InChI is InChI=1S/C31H33N5O2/c37-28(21-16-23-10-4-1-5-11-23)32-27-19-17-24(18-20-27)30-34-31(25-12-6-2-7-13-25)36(35-30)22-29(38)33-26-14-8-3-9-15-26/h1-2,4-7,10-13,17-20,26H,3,8-9,14-16,21-22H2,(H,32,37)(H,33,38). The normalized spacial score (nSPS) is 13.7. The summed E-state index contributed by atoms with van der Waals surface area (Å²) in [7, 11) is 0. The highest BCUT2D eigenvalue weighted by Crippen LogP contribution is 2.24. The highest BCUT2D eigenvalue weighted by molar-refractivity contribution is 5.91. The number of benzene rings is 3. The molecule has 38 heavy (non-hydrogen) atoms. The molecule has 0 saturated heterocycles. The summed E-state index contributed by atoms with van der Waals surface area (Å²) in [6, 6.07) is 27.5. The lowest BCUT2D eigenvalue weighted by Crippen LogP contribution is -2.38. The van der Waals surface area contributed by atoms with Gasteiger partial charge in [-0.15, -0.1) is 5.10 Å². The zero-order valence-corrected chi connectivity index (χ0v) is 21.5. The minimum Gasteiger partial charge on any atom is -0.352 e. The van der Waals surface area contributed by atoms with Crippen LogP contribution in [0.5, 0.6) is 0 Å². The number of aromatic nitrogens is 3. The van der Waals surface area contributed by atoms with Gasteiger partial charge in [-0.2, -0.15) is 0 Å². The maximum atomic E-state index is 12.9. The van der Waals surface area contributed by atoms with Crippen molar-refractivity contribution in [2.24, 2.45) is 0 Å². The molecule has 1 aromatic heterocycles. The lowest BCUT2D eigenvalue weighted by Gasteiger charge is -2.22. The van der Waals surface area contributed by atoms with Crippen LogP contribution >= 0.6 is 0 Å². The summed E-state index contributed by atoms with van der Waals surface area (Å²) >= 11 is 0. The molecule has 0 unspecified atom stereocenters. The monoisotopic (exact) mass is 507 g/mol. The van der Waals surface area contributed by atoms with Crippen molar-refractivity contribution in [1.29, 1.82) is 0 Å². The molecule has 1 aliphatic rings. The summed E-state index contributed by atoms with van der Waals surface area (Å²) in [5.74, 6) is 1.12. The topological polar surface area (TPSA) is 88.9 Å². The molecule has 4 aromatic rings. The van der Waals surface area contributed by atoms with Gasteiger partial charge in [-0.05, 0) is 49.1 Å². The summed E-state index contributed by atoms with van der Waals surface area (Å²) in [5.41, 5.74) is 3.58. The summed E-state index contributed by atoms with van der Waals surface area (Å²) in [5, 5.41) is 10.8. The zero-order valence-electron chi connectivity index (χ0n) is 21.5. The molecule has 0 bridgehead atoms. The van der Waals surface area contributed by atoms with Crippen molar-refractivity contribution in [1.82, 2.24) is 20.1 Å². The fourth-order valence-electron chi connectivity index (χ4n) is 4.86. The third-order valence-electron chi connectivity index (χ3n) is 6.88. The lowest BCUT2D eigenvalue weighted by atomic mass is 9.95. The lowest BCUT2D eigenvalue weighted by molar-refractivity contribution is -0.122. The molecular formula is C31H33N5O2. The zero-order chi connectivity index (χ0) is 26.2. The Balaban J connectivity index is 1.27. The van der Waals surface area contributed by atoms with Crippen molar-refractivity contribution in [3.8, 4) is 22.8 Å². The van der Waals surface area contributed by atoms with Gasteiger partial charge in [-0.1, -0.05) is 79.9 Å². The van der Waals surface area contributed by atoms with E-state index in [1.54, 1.807) is 4.68 Å². The molecule has 1 aliphatic carbocycles. The number of anilines is 1. The van der Waals surface area contributed by atoms with Crippen LogP contribution < -0.4 is 10.6 Å². The van der Waals surface area contributed by atoms with E-state index in [0.717, 1.165) is 48.1 Å². The van der Waals surface area contributed by atoms with Crippen LogP contribution in [0.25, 0.3) is 22.8 Å². The Hall–Kier alpha value is -4.26. The van der Waals surface area contributed by atoms with Crippen LogP contribution in [0, 0.1) is 0 Å². The van der Waals surface area contributed by atoms with Crippen LogP contribution in [-0.2, 0) is 22.6 Å². The number of rotatable bonds is 9. The number of carbonyl (C=O) groups excluding carboxylic acids is 2. The van der Waals surface area contributed by atoms with E-state index in [4.69, 9.17) is 10.1 Å². The van der Waals surface area contributed by atoms with E-state index in [1.807, 2.05) is 84.9 Å². The predicted octanol–water partition coefficient (Wildman–Crippen LogP) is 5.63. The Labute approximate surface area is 223 Å². The Bertz CT molecular complexity index is 1340. The van der Waals surface area contributed by atoms with Crippen molar-refractivity contribution >= 4 is 17.5 Å². The van der Waals surface area contributed by atoms with Gasteiger partial charge in [0, 0.05) is 29.3 Å². The van der Waals surface area contributed by atoms with Crippen LogP contribution in [0.1, 0.15) is 44.1 Å². The molecule has 194 valence electrons. The van der Waals surface area contributed by atoms with Crippen molar-refractivity contribution < 1.29 is 9.59 Å². The Morgan fingerprint density at radius 1 is 0.789 bits per heavy atom. The molecule has 1 fully saturated rings.